The van der Waals surface area contributed by atoms with E-state index in [4.69, 9.17) is 23.7 Å². The maximum Gasteiger partial charge on any atom is 0.231 e. The number of ether oxygens (including phenoxy) is 5. The van der Waals surface area contributed by atoms with Crippen LogP contribution in [0.2, 0.25) is 0 Å². The van der Waals surface area contributed by atoms with Gasteiger partial charge in [0, 0.05) is 32.4 Å². The quantitative estimate of drug-likeness (QED) is 0.338. The minimum atomic E-state index is 0.266. The Morgan fingerprint density at radius 2 is 2.14 bits per heavy atom. The van der Waals surface area contributed by atoms with E-state index in [1.165, 1.54) is 0 Å². The highest BCUT2D eigenvalue weighted by molar-refractivity contribution is 5.79. The lowest BCUT2D eigenvalue weighted by atomic mass is 10.2. The van der Waals surface area contributed by atoms with Gasteiger partial charge in [0.2, 0.25) is 6.79 Å². The van der Waals surface area contributed by atoms with Crippen molar-refractivity contribution in [3.63, 3.8) is 0 Å². The van der Waals surface area contributed by atoms with Gasteiger partial charge in [-0.2, -0.15) is 0 Å². The summed E-state index contributed by atoms with van der Waals surface area (Å²) < 4.78 is 27.6. The average molecular weight is 393 g/mol. The molecule has 1 atom stereocenters. The Hall–Kier alpha value is -2.19. The highest BCUT2D eigenvalue weighted by atomic mass is 16.7. The molecule has 1 fully saturated rings. The van der Waals surface area contributed by atoms with Crippen LogP contribution < -0.4 is 24.8 Å². The third-order valence-corrected chi connectivity index (χ3v) is 4.40. The fraction of sp³-hybridized carbons (Fsp3) is 0.650. The average Bonchev–Trinajstić information content (AvgIpc) is 3.39. The van der Waals surface area contributed by atoms with Crippen molar-refractivity contribution in [2.24, 2.45) is 4.99 Å². The maximum absolute atomic E-state index is 5.75. The van der Waals surface area contributed by atoms with E-state index in [0.717, 1.165) is 55.6 Å². The van der Waals surface area contributed by atoms with E-state index in [-0.39, 0.29) is 12.9 Å². The highest BCUT2D eigenvalue weighted by Gasteiger charge is 2.15. The number of guanidine groups is 1. The van der Waals surface area contributed by atoms with Crippen molar-refractivity contribution in [1.82, 2.24) is 10.6 Å². The third kappa shape index (κ3) is 6.76. The minimum Gasteiger partial charge on any atom is -0.492 e. The summed E-state index contributed by atoms with van der Waals surface area (Å²) in [5, 5.41) is 6.51. The van der Waals surface area contributed by atoms with Crippen molar-refractivity contribution in [1.29, 1.82) is 0 Å². The highest BCUT2D eigenvalue weighted by Crippen LogP contribution is 2.34. The SMILES string of the molecule is CCNC(=NCCCOCC1CCCO1)NCCOc1ccc2c(c1)OCO2. The van der Waals surface area contributed by atoms with E-state index in [0.29, 0.717) is 32.9 Å². The topological polar surface area (TPSA) is 82.6 Å². The van der Waals surface area contributed by atoms with Crippen LogP contribution in [0, 0.1) is 0 Å². The molecule has 0 saturated carbocycles. The second-order valence-corrected chi connectivity index (χ2v) is 6.61. The van der Waals surface area contributed by atoms with E-state index in [1.54, 1.807) is 0 Å². The smallest absolute Gasteiger partial charge is 0.231 e. The van der Waals surface area contributed by atoms with E-state index in [2.05, 4.69) is 15.6 Å². The first-order chi connectivity index (χ1) is 13.8. The predicted molar refractivity (Wildman–Crippen MR) is 106 cm³/mol. The van der Waals surface area contributed by atoms with Crippen LogP contribution in [0.1, 0.15) is 26.2 Å². The molecule has 3 rings (SSSR count). The fourth-order valence-corrected chi connectivity index (χ4v) is 2.99. The Kier molecular flexibility index (Phi) is 8.52. The van der Waals surface area contributed by atoms with Crippen molar-refractivity contribution in [3.8, 4) is 17.2 Å². The van der Waals surface area contributed by atoms with Gasteiger partial charge in [0.15, 0.2) is 17.5 Å². The summed E-state index contributed by atoms with van der Waals surface area (Å²) in [6.45, 7) is 7.27. The molecular formula is C20H31N3O5. The van der Waals surface area contributed by atoms with Crippen LogP contribution in [-0.4, -0.2) is 64.9 Å². The van der Waals surface area contributed by atoms with Crippen molar-refractivity contribution in [2.75, 3.05) is 52.9 Å². The molecule has 1 saturated heterocycles. The van der Waals surface area contributed by atoms with Gasteiger partial charge in [-0.15, -0.1) is 0 Å². The van der Waals surface area contributed by atoms with Crippen LogP contribution in [0.25, 0.3) is 0 Å². The lowest BCUT2D eigenvalue weighted by Crippen LogP contribution is -2.39. The molecule has 0 aliphatic carbocycles. The van der Waals surface area contributed by atoms with Crippen LogP contribution in [0.3, 0.4) is 0 Å². The second-order valence-electron chi connectivity index (χ2n) is 6.61. The fourth-order valence-electron chi connectivity index (χ4n) is 2.99. The van der Waals surface area contributed by atoms with Crippen molar-refractivity contribution < 1.29 is 23.7 Å². The summed E-state index contributed by atoms with van der Waals surface area (Å²) in [7, 11) is 0. The Balaban J connectivity index is 1.28. The second kappa shape index (κ2) is 11.6. The Morgan fingerprint density at radius 1 is 1.21 bits per heavy atom. The molecule has 0 amide bonds. The molecule has 8 nitrogen and oxygen atoms in total. The Labute approximate surface area is 166 Å². The summed E-state index contributed by atoms with van der Waals surface area (Å²) in [6, 6.07) is 5.58. The Bertz CT molecular complexity index is 620. The molecule has 2 heterocycles. The first-order valence-corrected chi connectivity index (χ1v) is 10.1. The first-order valence-electron chi connectivity index (χ1n) is 10.1. The minimum absolute atomic E-state index is 0.266. The van der Waals surface area contributed by atoms with E-state index in [9.17, 15) is 0 Å². The molecule has 0 aromatic heterocycles. The van der Waals surface area contributed by atoms with Gasteiger partial charge in [-0.25, -0.2) is 0 Å². The summed E-state index contributed by atoms with van der Waals surface area (Å²) in [5.74, 6) is 3.03. The molecule has 8 heteroatoms. The summed E-state index contributed by atoms with van der Waals surface area (Å²) in [4.78, 5) is 4.57. The van der Waals surface area contributed by atoms with E-state index in [1.807, 2.05) is 25.1 Å². The summed E-state index contributed by atoms with van der Waals surface area (Å²) in [6.07, 6.45) is 3.43. The number of hydrogen-bond donors (Lipinski definition) is 2. The number of benzene rings is 1. The van der Waals surface area contributed by atoms with Gasteiger partial charge in [-0.1, -0.05) is 0 Å². The van der Waals surface area contributed by atoms with Gasteiger partial charge in [0.25, 0.3) is 0 Å². The first kappa shape index (κ1) is 20.5. The van der Waals surface area contributed by atoms with Gasteiger partial charge in [0.1, 0.15) is 12.4 Å². The number of aliphatic imine (C=N–C) groups is 1. The van der Waals surface area contributed by atoms with Crippen LogP contribution >= 0.6 is 0 Å². The summed E-state index contributed by atoms with van der Waals surface area (Å²) >= 11 is 0. The number of nitrogens with one attached hydrogen (secondary N) is 2. The van der Waals surface area contributed by atoms with Gasteiger partial charge < -0.3 is 34.3 Å². The zero-order valence-electron chi connectivity index (χ0n) is 16.6. The molecule has 2 aliphatic rings. The molecule has 2 N–H and O–H groups in total. The molecule has 2 aliphatic heterocycles. The van der Waals surface area contributed by atoms with Crippen LogP contribution in [0.4, 0.5) is 0 Å². The van der Waals surface area contributed by atoms with Gasteiger partial charge >= 0.3 is 0 Å². The monoisotopic (exact) mass is 393 g/mol. The summed E-state index contributed by atoms with van der Waals surface area (Å²) in [5.41, 5.74) is 0. The lowest BCUT2D eigenvalue weighted by Gasteiger charge is -2.12. The molecular weight excluding hydrogens is 362 g/mol. The van der Waals surface area contributed by atoms with E-state index < -0.39 is 0 Å². The van der Waals surface area contributed by atoms with E-state index >= 15 is 0 Å². The molecule has 1 aromatic carbocycles. The Morgan fingerprint density at radius 3 is 3.00 bits per heavy atom. The van der Waals surface area contributed by atoms with Gasteiger partial charge in [-0.05, 0) is 38.3 Å². The number of fused-ring (bicyclic) bond motifs is 1. The van der Waals surface area contributed by atoms with Crippen molar-refractivity contribution >= 4 is 5.96 Å². The maximum atomic E-state index is 5.75. The molecule has 1 unspecified atom stereocenters. The van der Waals surface area contributed by atoms with Gasteiger partial charge in [-0.3, -0.25) is 4.99 Å². The normalized spacial score (nSPS) is 18.3. The molecule has 0 radical (unpaired) electrons. The predicted octanol–water partition coefficient (Wildman–Crippen LogP) is 1.93. The number of rotatable bonds is 11. The standard InChI is InChI=1S/C20H31N3O5/c1-2-21-20(22-8-4-10-24-14-17-5-3-11-25-17)23-9-12-26-16-6-7-18-19(13-16)28-15-27-18/h6-7,13,17H,2-5,8-12,14-15H2,1H3,(H2,21,22,23). The van der Waals surface area contributed by atoms with Crippen LogP contribution in [0.5, 0.6) is 17.2 Å². The largest absolute Gasteiger partial charge is 0.492 e. The van der Waals surface area contributed by atoms with Crippen molar-refractivity contribution in [2.45, 2.75) is 32.3 Å². The molecule has 0 spiro atoms. The van der Waals surface area contributed by atoms with Crippen molar-refractivity contribution in [3.05, 3.63) is 18.2 Å². The third-order valence-electron chi connectivity index (χ3n) is 4.40. The van der Waals surface area contributed by atoms with Gasteiger partial charge in [0.05, 0.1) is 19.3 Å². The van der Waals surface area contributed by atoms with Crippen LogP contribution in [0.15, 0.2) is 23.2 Å². The zero-order valence-corrected chi connectivity index (χ0v) is 16.6. The number of nitrogens with zero attached hydrogens (tertiary/aromatic N) is 1. The van der Waals surface area contributed by atoms with Crippen LogP contribution in [-0.2, 0) is 9.47 Å². The lowest BCUT2D eigenvalue weighted by molar-refractivity contribution is 0.0171. The molecule has 1 aromatic rings. The zero-order chi connectivity index (χ0) is 19.4. The molecule has 28 heavy (non-hydrogen) atoms. The molecule has 0 bridgehead atoms. The molecule has 156 valence electrons. The number of hydrogen-bond acceptors (Lipinski definition) is 6.